The highest BCUT2D eigenvalue weighted by Gasteiger charge is 2.60. The maximum atomic E-state index is 12.5. The van der Waals surface area contributed by atoms with Crippen molar-refractivity contribution in [2.24, 2.45) is 11.8 Å². The molecule has 4 atom stereocenters. The lowest BCUT2D eigenvalue weighted by Gasteiger charge is -2.61. The summed E-state index contributed by atoms with van der Waals surface area (Å²) in [6.45, 7) is 0. The number of hydrogen-bond acceptors (Lipinski definition) is 6. The van der Waals surface area contributed by atoms with Crippen LogP contribution in [0.2, 0.25) is 0 Å². The van der Waals surface area contributed by atoms with Crippen molar-refractivity contribution >= 4 is 5.91 Å². The fraction of sp³-hybridized carbons (Fsp3) is 0.714. The first-order chi connectivity index (χ1) is 11.6. The largest absolute Gasteiger partial charge is 0.344 e. The van der Waals surface area contributed by atoms with E-state index in [4.69, 9.17) is 0 Å². The first-order valence-electron chi connectivity index (χ1n) is 8.27. The maximum absolute atomic E-state index is 12.5. The van der Waals surface area contributed by atoms with E-state index < -0.39 is 5.69 Å². The first-order valence-corrected chi connectivity index (χ1v) is 8.27. The van der Waals surface area contributed by atoms with Gasteiger partial charge in [0.05, 0.1) is 5.54 Å². The van der Waals surface area contributed by atoms with Crippen LogP contribution in [-0.2, 0) is 5.54 Å². The SMILES string of the molecule is O=C(NC12C[C@H]3C[C@@H](C1)CC(n1ncnn1)(C3)C2)c1n[nH]c(=O)[nH]1. The fourth-order valence-electron chi connectivity index (χ4n) is 5.66. The highest BCUT2D eigenvalue weighted by atomic mass is 16.2. The normalized spacial score (nSPS) is 36.8. The van der Waals surface area contributed by atoms with Gasteiger partial charge >= 0.3 is 5.69 Å². The maximum Gasteiger partial charge on any atom is 0.341 e. The van der Waals surface area contributed by atoms with E-state index in [1.165, 1.54) is 12.7 Å². The van der Waals surface area contributed by atoms with Crippen LogP contribution in [0.15, 0.2) is 11.1 Å². The van der Waals surface area contributed by atoms with Crippen molar-refractivity contribution in [1.29, 1.82) is 0 Å². The molecule has 2 aromatic heterocycles. The number of aromatic amines is 2. The summed E-state index contributed by atoms with van der Waals surface area (Å²) in [4.78, 5) is 27.9. The molecule has 4 aliphatic carbocycles. The molecule has 2 unspecified atom stereocenters. The van der Waals surface area contributed by atoms with Crippen molar-refractivity contribution in [3.05, 3.63) is 22.6 Å². The molecule has 3 N–H and O–H groups in total. The van der Waals surface area contributed by atoms with Gasteiger partial charge in [-0.15, -0.1) is 15.3 Å². The van der Waals surface area contributed by atoms with Gasteiger partial charge in [0.25, 0.3) is 5.91 Å². The number of nitrogens with zero attached hydrogens (tertiary/aromatic N) is 5. The summed E-state index contributed by atoms with van der Waals surface area (Å²) >= 11 is 0. The van der Waals surface area contributed by atoms with Crippen molar-refractivity contribution in [3.8, 4) is 0 Å². The van der Waals surface area contributed by atoms with Crippen LogP contribution in [0.1, 0.15) is 49.1 Å². The monoisotopic (exact) mass is 330 g/mol. The molecule has 4 aliphatic rings. The Bertz CT molecular complexity index is 823. The summed E-state index contributed by atoms with van der Waals surface area (Å²) in [5.41, 5.74) is -0.925. The molecule has 10 nitrogen and oxygen atoms in total. The molecule has 4 fully saturated rings. The Kier molecular flexibility index (Phi) is 2.61. The third kappa shape index (κ3) is 1.95. The summed E-state index contributed by atoms with van der Waals surface area (Å²) < 4.78 is 0. The van der Waals surface area contributed by atoms with Crippen molar-refractivity contribution in [3.63, 3.8) is 0 Å². The molecule has 24 heavy (non-hydrogen) atoms. The van der Waals surface area contributed by atoms with E-state index in [1.807, 2.05) is 0 Å². The van der Waals surface area contributed by atoms with E-state index in [2.05, 4.69) is 35.9 Å². The van der Waals surface area contributed by atoms with E-state index in [0.29, 0.717) is 11.8 Å². The van der Waals surface area contributed by atoms with Gasteiger partial charge in [-0.05, 0) is 55.6 Å². The zero-order chi connectivity index (χ0) is 16.4. The number of tetrazole rings is 1. The molecule has 0 aromatic carbocycles. The number of hydrogen-bond donors (Lipinski definition) is 3. The lowest BCUT2D eigenvalue weighted by atomic mass is 9.50. The zero-order valence-electron chi connectivity index (χ0n) is 13.0. The van der Waals surface area contributed by atoms with Crippen molar-refractivity contribution in [2.75, 3.05) is 0 Å². The zero-order valence-corrected chi connectivity index (χ0v) is 13.0. The molecule has 10 heteroatoms. The lowest BCUT2D eigenvalue weighted by molar-refractivity contribution is -0.0811. The van der Waals surface area contributed by atoms with Crippen LogP contribution in [-0.4, -0.2) is 46.8 Å². The van der Waals surface area contributed by atoms with Crippen LogP contribution in [0.25, 0.3) is 0 Å². The number of carbonyl (C=O) groups is 1. The predicted molar refractivity (Wildman–Crippen MR) is 79.9 cm³/mol. The highest BCUT2D eigenvalue weighted by molar-refractivity contribution is 5.90. The second-order valence-electron chi connectivity index (χ2n) is 7.67. The van der Waals surface area contributed by atoms with Crippen LogP contribution in [0.4, 0.5) is 0 Å². The van der Waals surface area contributed by atoms with Gasteiger partial charge in [-0.2, -0.15) is 4.80 Å². The first kappa shape index (κ1) is 13.9. The Balaban J connectivity index is 1.47. The highest BCUT2D eigenvalue weighted by Crippen LogP contribution is 2.60. The van der Waals surface area contributed by atoms with Crippen molar-refractivity contribution in [1.82, 2.24) is 40.7 Å². The molecular formula is C14H18N8O2. The standard InChI is InChI=1S/C14H18N8O2/c23-11(10-17-12(24)20-19-10)18-13-2-8-1-9(3-13)5-14(4-8,6-13)22-16-7-15-21-22/h7-9H,1-6H2,(H,18,23)(H2,17,19,20,24)/t8-,9+,13?,14?. The van der Waals surface area contributed by atoms with Gasteiger partial charge in [0, 0.05) is 5.54 Å². The Labute approximate surface area is 136 Å². The Morgan fingerprint density at radius 2 is 2.08 bits per heavy atom. The number of rotatable bonds is 3. The molecule has 0 spiro atoms. The fourth-order valence-corrected chi connectivity index (χ4v) is 5.66. The minimum Gasteiger partial charge on any atom is -0.344 e. The molecular weight excluding hydrogens is 312 g/mol. The minimum absolute atomic E-state index is 0.0312. The summed E-state index contributed by atoms with van der Waals surface area (Å²) in [5, 5.41) is 21.5. The van der Waals surface area contributed by atoms with Crippen LogP contribution < -0.4 is 11.0 Å². The van der Waals surface area contributed by atoms with Crippen LogP contribution in [0.3, 0.4) is 0 Å². The molecule has 6 rings (SSSR count). The van der Waals surface area contributed by atoms with Crippen LogP contribution in [0.5, 0.6) is 0 Å². The molecule has 4 bridgehead atoms. The van der Waals surface area contributed by atoms with Gasteiger partial charge in [-0.1, -0.05) is 0 Å². The summed E-state index contributed by atoms with van der Waals surface area (Å²) in [6.07, 6.45) is 7.46. The van der Waals surface area contributed by atoms with Crippen LogP contribution in [0, 0.1) is 11.8 Å². The summed E-state index contributed by atoms with van der Waals surface area (Å²) in [6, 6.07) is 0. The predicted octanol–water partition coefficient (Wildman–Crippen LogP) is -0.438. The Morgan fingerprint density at radius 1 is 1.29 bits per heavy atom. The van der Waals surface area contributed by atoms with E-state index in [-0.39, 0.29) is 22.8 Å². The minimum atomic E-state index is -0.478. The van der Waals surface area contributed by atoms with Crippen LogP contribution >= 0.6 is 0 Å². The molecule has 1 amide bonds. The quantitative estimate of drug-likeness (QED) is 0.698. The van der Waals surface area contributed by atoms with Gasteiger partial charge in [0.1, 0.15) is 0 Å². The van der Waals surface area contributed by atoms with Crippen molar-refractivity contribution < 1.29 is 4.79 Å². The third-order valence-electron chi connectivity index (χ3n) is 5.90. The van der Waals surface area contributed by atoms with Gasteiger partial charge in [-0.25, -0.2) is 9.89 Å². The van der Waals surface area contributed by atoms with Crippen molar-refractivity contribution in [2.45, 2.75) is 49.6 Å². The molecule has 2 aromatic rings. The molecule has 126 valence electrons. The molecule has 0 aliphatic heterocycles. The number of nitrogens with one attached hydrogen (secondary N) is 3. The summed E-state index contributed by atoms with van der Waals surface area (Å²) in [5.74, 6) is 0.798. The molecule has 4 saturated carbocycles. The average Bonchev–Trinajstić information content (AvgIpc) is 3.16. The lowest BCUT2D eigenvalue weighted by Crippen LogP contribution is -2.66. The molecule has 0 saturated heterocycles. The Morgan fingerprint density at radius 3 is 2.71 bits per heavy atom. The molecule has 0 radical (unpaired) electrons. The summed E-state index contributed by atoms with van der Waals surface area (Å²) in [7, 11) is 0. The number of H-pyrrole nitrogens is 2. The smallest absolute Gasteiger partial charge is 0.341 e. The van der Waals surface area contributed by atoms with Gasteiger partial charge in [0.15, 0.2) is 6.33 Å². The second-order valence-corrected chi connectivity index (χ2v) is 7.67. The third-order valence-corrected chi connectivity index (χ3v) is 5.90. The second kappa shape index (κ2) is 4.52. The number of aromatic nitrogens is 7. The van der Waals surface area contributed by atoms with E-state index >= 15 is 0 Å². The van der Waals surface area contributed by atoms with Gasteiger partial charge < -0.3 is 5.32 Å². The van der Waals surface area contributed by atoms with E-state index in [0.717, 1.165) is 32.1 Å². The van der Waals surface area contributed by atoms with E-state index in [1.54, 1.807) is 4.80 Å². The molecule has 2 heterocycles. The number of carbonyl (C=O) groups excluding carboxylic acids is 1. The average molecular weight is 330 g/mol. The Hall–Kier alpha value is -2.52. The van der Waals surface area contributed by atoms with Gasteiger partial charge in [-0.3, -0.25) is 9.78 Å². The van der Waals surface area contributed by atoms with Gasteiger partial charge in [0.2, 0.25) is 5.82 Å². The number of amides is 1. The topological polar surface area (TPSA) is 134 Å². The van der Waals surface area contributed by atoms with E-state index in [9.17, 15) is 9.59 Å².